The Kier molecular flexibility index (Phi) is 5.20. The number of nitro benzene ring substituents is 1. The Morgan fingerprint density at radius 2 is 1.88 bits per heavy atom. The van der Waals surface area contributed by atoms with Crippen molar-refractivity contribution in [3.8, 4) is 0 Å². The van der Waals surface area contributed by atoms with Gasteiger partial charge in [0.05, 0.1) is 16.4 Å². The largest absolute Gasteiger partial charge is 0.303 e. The molecule has 7 nitrogen and oxygen atoms in total. The molecule has 2 aromatic rings. The Balaban J connectivity index is 1.61. The van der Waals surface area contributed by atoms with Crippen molar-refractivity contribution in [2.75, 3.05) is 0 Å². The number of carbonyl (C=O) groups excluding carboxylic acids is 1. The number of nitrogens with one attached hydrogen (secondary N) is 1. The fourth-order valence-corrected chi connectivity index (χ4v) is 3.21. The first-order valence-corrected chi connectivity index (χ1v) is 8.37. The first kappa shape index (κ1) is 16.8. The van der Waals surface area contributed by atoms with Gasteiger partial charge in [0.15, 0.2) is 5.17 Å². The molecule has 1 saturated heterocycles. The minimum atomic E-state index is -0.448. The minimum Gasteiger partial charge on any atom is -0.303 e. The van der Waals surface area contributed by atoms with E-state index in [4.69, 9.17) is 0 Å². The molecule has 126 valence electrons. The van der Waals surface area contributed by atoms with Crippen molar-refractivity contribution in [2.24, 2.45) is 10.2 Å². The maximum Gasteiger partial charge on any atom is 0.269 e. The van der Waals surface area contributed by atoms with Gasteiger partial charge in [-0.3, -0.25) is 14.9 Å². The molecule has 0 unspecified atom stereocenters. The van der Waals surface area contributed by atoms with Crippen LogP contribution in [0.5, 0.6) is 0 Å². The highest BCUT2D eigenvalue weighted by atomic mass is 32.2. The number of thioether (sulfide) groups is 1. The Morgan fingerprint density at radius 3 is 2.56 bits per heavy atom. The first-order valence-electron chi connectivity index (χ1n) is 7.49. The van der Waals surface area contributed by atoms with Crippen LogP contribution in [0.3, 0.4) is 0 Å². The lowest BCUT2D eigenvalue weighted by Gasteiger charge is -2.04. The highest BCUT2D eigenvalue weighted by Crippen LogP contribution is 2.24. The van der Waals surface area contributed by atoms with Crippen molar-refractivity contribution in [1.82, 2.24) is 5.32 Å². The monoisotopic (exact) mass is 354 g/mol. The van der Waals surface area contributed by atoms with Crippen LogP contribution >= 0.6 is 11.8 Å². The number of non-ortho nitro benzene ring substituents is 1. The summed E-state index contributed by atoms with van der Waals surface area (Å²) in [6.07, 6.45) is 2.08. The van der Waals surface area contributed by atoms with Crippen molar-refractivity contribution >= 4 is 34.7 Å². The van der Waals surface area contributed by atoms with Gasteiger partial charge in [0.25, 0.3) is 5.69 Å². The molecule has 1 atom stereocenters. The Labute approximate surface area is 148 Å². The minimum absolute atomic E-state index is 0.0322. The predicted octanol–water partition coefficient (Wildman–Crippen LogP) is 2.76. The lowest BCUT2D eigenvalue weighted by molar-refractivity contribution is -0.384. The number of rotatable bonds is 5. The SMILES string of the molecule is O=C1N/C(=N\N=C/c2ccccc2)S[C@H]1Cc1ccc([N+](=O)[O-])cc1. The summed E-state index contributed by atoms with van der Waals surface area (Å²) in [6, 6.07) is 15.7. The fourth-order valence-electron chi connectivity index (χ4n) is 2.24. The van der Waals surface area contributed by atoms with Crippen LogP contribution in [-0.2, 0) is 11.2 Å². The number of carbonyl (C=O) groups is 1. The van der Waals surface area contributed by atoms with E-state index < -0.39 is 4.92 Å². The van der Waals surface area contributed by atoms with Gasteiger partial charge in [-0.1, -0.05) is 54.2 Å². The summed E-state index contributed by atoms with van der Waals surface area (Å²) in [4.78, 5) is 22.2. The van der Waals surface area contributed by atoms with E-state index in [-0.39, 0.29) is 16.8 Å². The standard InChI is InChI=1S/C17H14N4O3S/c22-16-15(10-12-6-8-14(9-7-12)21(23)24)25-17(19-16)20-18-11-13-4-2-1-3-5-13/h1-9,11,15H,10H2,(H,19,20,22)/b18-11-/t15-/m0/s1. The van der Waals surface area contributed by atoms with E-state index in [1.165, 1.54) is 23.9 Å². The van der Waals surface area contributed by atoms with Crippen LogP contribution in [0.4, 0.5) is 5.69 Å². The third-order valence-electron chi connectivity index (χ3n) is 3.50. The van der Waals surface area contributed by atoms with Gasteiger partial charge in [-0.2, -0.15) is 5.10 Å². The topological polar surface area (TPSA) is 97.0 Å². The van der Waals surface area contributed by atoms with Crippen molar-refractivity contribution in [3.05, 3.63) is 75.8 Å². The second-order valence-electron chi connectivity index (χ2n) is 5.28. The third-order valence-corrected chi connectivity index (χ3v) is 4.57. The summed E-state index contributed by atoms with van der Waals surface area (Å²) in [5.74, 6) is -0.142. The molecule has 1 fully saturated rings. The number of hydrogen-bond acceptors (Lipinski definition) is 6. The van der Waals surface area contributed by atoms with Crippen LogP contribution in [0.25, 0.3) is 0 Å². The lowest BCUT2D eigenvalue weighted by Crippen LogP contribution is -2.25. The Hall–Kier alpha value is -3.00. The number of hydrogen-bond donors (Lipinski definition) is 1. The molecule has 3 rings (SSSR count). The molecule has 0 saturated carbocycles. The van der Waals surface area contributed by atoms with Crippen LogP contribution in [0.2, 0.25) is 0 Å². The van der Waals surface area contributed by atoms with Crippen molar-refractivity contribution in [3.63, 3.8) is 0 Å². The molecule has 1 amide bonds. The number of benzene rings is 2. The molecule has 1 aliphatic rings. The summed E-state index contributed by atoms with van der Waals surface area (Å²) in [6.45, 7) is 0. The summed E-state index contributed by atoms with van der Waals surface area (Å²) < 4.78 is 0. The van der Waals surface area contributed by atoms with Crippen LogP contribution in [0.15, 0.2) is 64.8 Å². The van der Waals surface area contributed by atoms with Crippen molar-refractivity contribution in [2.45, 2.75) is 11.7 Å². The van der Waals surface area contributed by atoms with E-state index in [1.807, 2.05) is 30.3 Å². The van der Waals surface area contributed by atoms with E-state index in [9.17, 15) is 14.9 Å². The number of amides is 1. The average molecular weight is 354 g/mol. The van der Waals surface area contributed by atoms with E-state index in [0.29, 0.717) is 11.6 Å². The van der Waals surface area contributed by atoms with Gasteiger partial charge in [-0.15, -0.1) is 5.10 Å². The maximum atomic E-state index is 12.0. The van der Waals surface area contributed by atoms with Gasteiger partial charge >= 0.3 is 0 Å². The molecule has 2 aromatic carbocycles. The highest BCUT2D eigenvalue weighted by molar-refractivity contribution is 8.15. The summed E-state index contributed by atoms with van der Waals surface area (Å²) in [7, 11) is 0. The van der Waals surface area contributed by atoms with Crippen molar-refractivity contribution < 1.29 is 9.72 Å². The van der Waals surface area contributed by atoms with Gasteiger partial charge in [-0.25, -0.2) is 0 Å². The molecule has 0 spiro atoms. The number of nitrogens with zero attached hydrogens (tertiary/aromatic N) is 3. The molecule has 0 aromatic heterocycles. The van der Waals surface area contributed by atoms with E-state index >= 15 is 0 Å². The normalized spacial score (nSPS) is 18.6. The molecular formula is C17H14N4O3S. The van der Waals surface area contributed by atoms with Crippen molar-refractivity contribution in [1.29, 1.82) is 0 Å². The zero-order valence-electron chi connectivity index (χ0n) is 13.0. The summed E-state index contributed by atoms with van der Waals surface area (Å²) in [5, 5.41) is 21.5. The van der Waals surface area contributed by atoms with Crippen LogP contribution in [0.1, 0.15) is 11.1 Å². The molecule has 8 heteroatoms. The smallest absolute Gasteiger partial charge is 0.269 e. The molecule has 25 heavy (non-hydrogen) atoms. The second kappa shape index (κ2) is 7.71. The van der Waals surface area contributed by atoms with E-state index in [1.54, 1.807) is 18.3 Å². The van der Waals surface area contributed by atoms with Gasteiger partial charge in [-0.05, 0) is 17.5 Å². The zero-order valence-corrected chi connectivity index (χ0v) is 13.8. The maximum absolute atomic E-state index is 12.0. The van der Waals surface area contributed by atoms with Crippen LogP contribution in [0, 0.1) is 10.1 Å². The molecule has 1 heterocycles. The molecule has 0 aliphatic carbocycles. The molecule has 1 N–H and O–H groups in total. The summed E-state index contributed by atoms with van der Waals surface area (Å²) >= 11 is 1.30. The summed E-state index contributed by atoms with van der Waals surface area (Å²) in [5.41, 5.74) is 1.81. The molecule has 0 radical (unpaired) electrons. The highest BCUT2D eigenvalue weighted by Gasteiger charge is 2.30. The van der Waals surface area contributed by atoms with Gasteiger partial charge in [0, 0.05) is 12.1 Å². The number of amidine groups is 1. The van der Waals surface area contributed by atoms with E-state index in [0.717, 1.165) is 11.1 Å². The quantitative estimate of drug-likeness (QED) is 0.507. The first-order chi connectivity index (χ1) is 12.1. The third kappa shape index (κ3) is 4.51. The van der Waals surface area contributed by atoms with E-state index in [2.05, 4.69) is 15.5 Å². The van der Waals surface area contributed by atoms with Crippen LogP contribution < -0.4 is 5.32 Å². The molecule has 0 bridgehead atoms. The molecular weight excluding hydrogens is 340 g/mol. The fraction of sp³-hybridized carbons (Fsp3) is 0.118. The van der Waals surface area contributed by atoms with Gasteiger partial charge < -0.3 is 5.32 Å². The van der Waals surface area contributed by atoms with Gasteiger partial charge in [0.1, 0.15) is 0 Å². The Bertz CT molecular complexity index is 835. The lowest BCUT2D eigenvalue weighted by atomic mass is 10.1. The van der Waals surface area contributed by atoms with Crippen LogP contribution in [-0.4, -0.2) is 27.5 Å². The van der Waals surface area contributed by atoms with Gasteiger partial charge in [0.2, 0.25) is 5.91 Å². The second-order valence-corrected chi connectivity index (χ2v) is 6.48. The zero-order chi connectivity index (χ0) is 17.6. The average Bonchev–Trinajstić information content (AvgIpc) is 2.96. The Morgan fingerprint density at radius 1 is 1.16 bits per heavy atom. The number of nitro groups is 1. The molecule has 1 aliphatic heterocycles. The predicted molar refractivity (Wildman–Crippen MR) is 97.8 cm³/mol.